The molecular weight excluding hydrogens is 428 g/mol. The second kappa shape index (κ2) is 8.78. The maximum atomic E-state index is 13.1. The van der Waals surface area contributed by atoms with Crippen molar-refractivity contribution in [3.05, 3.63) is 52.6 Å². The Hall–Kier alpha value is -2.74. The number of esters is 1. The molecule has 1 atom stereocenters. The zero-order valence-electron chi connectivity index (χ0n) is 17.9. The molecule has 0 saturated heterocycles. The van der Waals surface area contributed by atoms with Gasteiger partial charge in [-0.3, -0.25) is 4.79 Å². The van der Waals surface area contributed by atoms with Crippen LogP contribution in [0.4, 0.5) is 8.78 Å². The van der Waals surface area contributed by atoms with Gasteiger partial charge in [-0.1, -0.05) is 23.4 Å². The number of hydrogen-bond donors (Lipinski definition) is 0. The molecule has 0 spiro atoms. The van der Waals surface area contributed by atoms with E-state index in [9.17, 15) is 13.6 Å². The first-order chi connectivity index (χ1) is 14.6. The van der Waals surface area contributed by atoms with Gasteiger partial charge in [0, 0.05) is 18.8 Å². The fraction of sp³-hybridized carbons (Fsp3) is 0.409. The predicted molar refractivity (Wildman–Crippen MR) is 114 cm³/mol. The van der Waals surface area contributed by atoms with E-state index in [1.165, 1.54) is 17.9 Å². The van der Waals surface area contributed by atoms with Gasteiger partial charge in [-0.05, 0) is 55.2 Å². The second-order valence-corrected chi connectivity index (χ2v) is 8.21. The van der Waals surface area contributed by atoms with Crippen molar-refractivity contribution >= 4 is 28.6 Å². The lowest BCUT2D eigenvalue weighted by Crippen LogP contribution is -2.33. The lowest BCUT2D eigenvalue weighted by molar-refractivity contribution is -0.151. The summed E-state index contributed by atoms with van der Waals surface area (Å²) in [5.41, 5.74) is 2.97. The van der Waals surface area contributed by atoms with Crippen LogP contribution < -0.4 is 4.74 Å². The van der Waals surface area contributed by atoms with Crippen molar-refractivity contribution in [2.45, 2.75) is 39.2 Å². The van der Waals surface area contributed by atoms with Gasteiger partial charge in [0.25, 0.3) is 0 Å². The van der Waals surface area contributed by atoms with E-state index < -0.39 is 23.9 Å². The van der Waals surface area contributed by atoms with E-state index in [2.05, 4.69) is 10.3 Å². The van der Waals surface area contributed by atoms with Gasteiger partial charge in [0.1, 0.15) is 11.0 Å². The number of aryl methyl sites for hydroxylation is 2. The van der Waals surface area contributed by atoms with E-state index in [0.29, 0.717) is 22.5 Å². The highest BCUT2D eigenvalue weighted by atomic mass is 35.5. The molecule has 3 rings (SSSR count). The van der Waals surface area contributed by atoms with Gasteiger partial charge in [0.15, 0.2) is 5.75 Å². The van der Waals surface area contributed by atoms with E-state index in [1.807, 2.05) is 25.1 Å². The minimum atomic E-state index is -3.03. The van der Waals surface area contributed by atoms with Crippen LogP contribution in [0.5, 0.6) is 5.75 Å². The number of rotatable bonds is 7. The number of benzene rings is 2. The van der Waals surface area contributed by atoms with Crippen molar-refractivity contribution < 1.29 is 23.0 Å². The van der Waals surface area contributed by atoms with Gasteiger partial charge in [0.2, 0.25) is 0 Å². The molecule has 6 nitrogen and oxygen atoms in total. The summed E-state index contributed by atoms with van der Waals surface area (Å²) in [4.78, 5) is 12.7. The first-order valence-corrected chi connectivity index (χ1v) is 10.2. The number of hydrogen-bond acceptors (Lipinski definition) is 5. The van der Waals surface area contributed by atoms with Crippen LogP contribution in [0.25, 0.3) is 11.0 Å². The molecule has 0 aliphatic rings. The smallest absolute Gasteiger partial charge is 0.387 e. The Labute approximate surface area is 184 Å². The topological polar surface area (TPSA) is 66.2 Å². The molecule has 0 bridgehead atoms. The Morgan fingerprint density at radius 3 is 2.55 bits per heavy atom. The average Bonchev–Trinajstić information content (AvgIpc) is 3.09. The molecule has 3 aromatic rings. The molecule has 1 aromatic heterocycles. The SMILES string of the molecule is COC(=O)C(C)(C)C(c1ccc(C)c(CCl)c1)c1cc(OC(F)F)c2c(c1)nnn2C. The van der Waals surface area contributed by atoms with Gasteiger partial charge < -0.3 is 9.47 Å². The van der Waals surface area contributed by atoms with Crippen LogP contribution in [0.1, 0.15) is 42.0 Å². The molecule has 9 heteroatoms. The summed E-state index contributed by atoms with van der Waals surface area (Å²) in [5, 5.41) is 7.99. The lowest BCUT2D eigenvalue weighted by atomic mass is 9.70. The molecule has 31 heavy (non-hydrogen) atoms. The number of fused-ring (bicyclic) bond motifs is 1. The van der Waals surface area contributed by atoms with Crippen LogP contribution in [0.15, 0.2) is 30.3 Å². The van der Waals surface area contributed by atoms with Crippen LogP contribution in [0, 0.1) is 12.3 Å². The predicted octanol–water partition coefficient (Wildman–Crippen LogP) is 4.95. The maximum Gasteiger partial charge on any atom is 0.387 e. The van der Waals surface area contributed by atoms with E-state index in [0.717, 1.165) is 16.7 Å². The van der Waals surface area contributed by atoms with Crippen molar-refractivity contribution in [2.75, 3.05) is 7.11 Å². The Kier molecular flexibility index (Phi) is 6.50. The highest BCUT2D eigenvalue weighted by Gasteiger charge is 2.40. The summed E-state index contributed by atoms with van der Waals surface area (Å²) in [6, 6.07) is 8.98. The summed E-state index contributed by atoms with van der Waals surface area (Å²) < 4.78 is 37.5. The number of halogens is 3. The van der Waals surface area contributed by atoms with E-state index in [1.54, 1.807) is 27.0 Å². The Morgan fingerprint density at radius 2 is 1.94 bits per heavy atom. The van der Waals surface area contributed by atoms with Crippen molar-refractivity contribution in [1.29, 1.82) is 0 Å². The average molecular weight is 452 g/mol. The van der Waals surface area contributed by atoms with Crippen LogP contribution in [0.2, 0.25) is 0 Å². The van der Waals surface area contributed by atoms with Gasteiger partial charge in [-0.25, -0.2) is 4.68 Å². The van der Waals surface area contributed by atoms with Gasteiger partial charge in [0.05, 0.1) is 12.5 Å². The van der Waals surface area contributed by atoms with Crippen molar-refractivity contribution in [1.82, 2.24) is 15.0 Å². The third kappa shape index (κ3) is 4.35. The molecule has 0 aliphatic heterocycles. The van der Waals surface area contributed by atoms with Gasteiger partial charge in [-0.2, -0.15) is 8.78 Å². The van der Waals surface area contributed by atoms with Crippen LogP contribution >= 0.6 is 11.6 Å². The van der Waals surface area contributed by atoms with Crippen molar-refractivity contribution in [2.24, 2.45) is 12.5 Å². The molecule has 0 saturated carbocycles. The monoisotopic (exact) mass is 451 g/mol. The highest BCUT2D eigenvalue weighted by molar-refractivity contribution is 6.17. The Bertz CT molecular complexity index is 1110. The molecule has 0 fully saturated rings. The summed E-state index contributed by atoms with van der Waals surface area (Å²) in [5.74, 6) is -0.756. The number of methoxy groups -OCH3 is 1. The Morgan fingerprint density at radius 1 is 1.23 bits per heavy atom. The molecular formula is C22H24ClF2N3O3. The fourth-order valence-electron chi connectivity index (χ4n) is 3.95. The summed E-state index contributed by atoms with van der Waals surface area (Å²) >= 11 is 6.11. The van der Waals surface area contributed by atoms with Crippen LogP contribution in [0.3, 0.4) is 0 Å². The number of carbonyl (C=O) groups excluding carboxylic acids is 1. The zero-order chi connectivity index (χ0) is 22.9. The third-order valence-corrected chi connectivity index (χ3v) is 5.81. The summed E-state index contributed by atoms with van der Waals surface area (Å²) in [6.45, 7) is 2.42. The number of aromatic nitrogens is 3. The quantitative estimate of drug-likeness (QED) is 0.375. The maximum absolute atomic E-state index is 13.1. The number of alkyl halides is 3. The van der Waals surface area contributed by atoms with Crippen molar-refractivity contribution in [3.63, 3.8) is 0 Å². The van der Waals surface area contributed by atoms with E-state index in [4.69, 9.17) is 21.1 Å². The van der Waals surface area contributed by atoms with Gasteiger partial charge in [-0.15, -0.1) is 16.7 Å². The number of carbonyl (C=O) groups is 1. The van der Waals surface area contributed by atoms with Gasteiger partial charge >= 0.3 is 12.6 Å². The molecule has 0 aliphatic carbocycles. The van der Waals surface area contributed by atoms with Crippen LogP contribution in [-0.2, 0) is 22.5 Å². The van der Waals surface area contributed by atoms with Crippen molar-refractivity contribution in [3.8, 4) is 5.75 Å². The minimum absolute atomic E-state index is 0.0645. The van der Waals surface area contributed by atoms with E-state index >= 15 is 0 Å². The first-order valence-electron chi connectivity index (χ1n) is 9.62. The normalized spacial score (nSPS) is 12.9. The molecule has 2 aromatic carbocycles. The minimum Gasteiger partial charge on any atom is -0.469 e. The third-order valence-electron chi connectivity index (χ3n) is 5.52. The lowest BCUT2D eigenvalue weighted by Gasteiger charge is -2.33. The molecule has 0 radical (unpaired) electrons. The molecule has 1 unspecified atom stereocenters. The molecule has 0 amide bonds. The number of ether oxygens (including phenoxy) is 2. The second-order valence-electron chi connectivity index (χ2n) is 7.94. The molecule has 0 N–H and O–H groups in total. The molecule has 166 valence electrons. The number of nitrogens with zero attached hydrogens (tertiary/aromatic N) is 3. The van der Waals surface area contributed by atoms with Crippen LogP contribution in [-0.4, -0.2) is 34.7 Å². The largest absolute Gasteiger partial charge is 0.469 e. The Balaban J connectivity index is 2.29. The fourth-order valence-corrected chi connectivity index (χ4v) is 4.24. The molecule has 1 heterocycles. The first kappa shape index (κ1) is 22.9. The zero-order valence-corrected chi connectivity index (χ0v) is 18.7. The summed E-state index contributed by atoms with van der Waals surface area (Å²) in [6.07, 6.45) is 0. The standard InChI is InChI=1S/C22H24ClF2N3O3/c1-12-6-7-13(8-15(12)11-23)18(22(2,3)20(29)30-5)14-9-16-19(28(4)27-26-16)17(10-14)31-21(24)25/h6-10,18,21H,11H2,1-5H3. The van der Waals surface area contributed by atoms with E-state index in [-0.39, 0.29) is 5.75 Å². The summed E-state index contributed by atoms with van der Waals surface area (Å²) in [7, 11) is 2.91. The highest BCUT2D eigenvalue weighted by Crippen LogP contribution is 2.44.